The summed E-state index contributed by atoms with van der Waals surface area (Å²) in [5.74, 6) is -2.61. The van der Waals surface area contributed by atoms with Crippen molar-refractivity contribution in [2.24, 2.45) is 28.9 Å². The number of carbonyl (C=O) groups excluding carboxylic acids is 5. The SMILES string of the molecule is CC(C)C[C@H](NC(=O)[C@@H](CCc1ccccc1)C1(C(N)=O)CCCCC1)C(=O)N[C@@H](Cc1ccccc1)C(=O)N[C@@H](CC(C)C)C(=O)[C@@]1(C)CO1. The van der Waals surface area contributed by atoms with E-state index >= 15 is 0 Å². The average molecular weight is 703 g/mol. The summed E-state index contributed by atoms with van der Waals surface area (Å²) in [4.78, 5) is 69.1. The molecule has 5 atom stereocenters. The number of epoxide rings is 1. The van der Waals surface area contributed by atoms with E-state index in [1.165, 1.54) is 0 Å². The molecule has 10 nitrogen and oxygen atoms in total. The summed E-state index contributed by atoms with van der Waals surface area (Å²) in [6, 6.07) is 16.4. The van der Waals surface area contributed by atoms with Gasteiger partial charge in [-0.1, -0.05) is 108 Å². The Bertz CT molecular complexity index is 1480. The smallest absolute Gasteiger partial charge is 0.243 e. The Labute approximate surface area is 303 Å². The highest BCUT2D eigenvalue weighted by atomic mass is 16.6. The molecule has 0 spiro atoms. The van der Waals surface area contributed by atoms with Crippen LogP contribution in [0.15, 0.2) is 60.7 Å². The minimum Gasteiger partial charge on any atom is -0.369 e. The number of ketones is 1. The highest BCUT2D eigenvalue weighted by Gasteiger charge is 2.51. The van der Waals surface area contributed by atoms with Crippen LogP contribution in [-0.4, -0.2) is 59.7 Å². The van der Waals surface area contributed by atoms with E-state index in [1.807, 2.05) is 88.4 Å². The second-order valence-corrected chi connectivity index (χ2v) is 15.7. The van der Waals surface area contributed by atoms with Crippen LogP contribution in [-0.2, 0) is 41.6 Å². The second-order valence-electron chi connectivity index (χ2n) is 15.7. The van der Waals surface area contributed by atoms with Gasteiger partial charge in [-0.3, -0.25) is 24.0 Å². The number of hydrogen-bond donors (Lipinski definition) is 4. The average Bonchev–Trinajstić information content (AvgIpc) is 3.86. The highest BCUT2D eigenvalue weighted by molar-refractivity contribution is 5.99. The molecule has 2 aliphatic rings. The van der Waals surface area contributed by atoms with Crippen molar-refractivity contribution in [2.45, 2.75) is 123 Å². The van der Waals surface area contributed by atoms with Crippen LogP contribution in [0.4, 0.5) is 0 Å². The lowest BCUT2D eigenvalue weighted by molar-refractivity contribution is -0.144. The van der Waals surface area contributed by atoms with Gasteiger partial charge in [0.2, 0.25) is 23.6 Å². The van der Waals surface area contributed by atoms with Crippen molar-refractivity contribution >= 4 is 29.4 Å². The van der Waals surface area contributed by atoms with E-state index < -0.39 is 52.8 Å². The lowest BCUT2D eigenvalue weighted by Gasteiger charge is -2.41. The van der Waals surface area contributed by atoms with Crippen molar-refractivity contribution < 1.29 is 28.7 Å². The molecule has 10 heteroatoms. The van der Waals surface area contributed by atoms with E-state index in [1.54, 1.807) is 6.92 Å². The molecule has 5 N–H and O–H groups in total. The van der Waals surface area contributed by atoms with Crippen molar-refractivity contribution in [1.29, 1.82) is 0 Å². The molecule has 1 saturated heterocycles. The van der Waals surface area contributed by atoms with Crippen LogP contribution in [0.1, 0.15) is 97.1 Å². The number of aryl methyl sites for hydroxylation is 1. The maximum absolute atomic E-state index is 14.4. The van der Waals surface area contributed by atoms with Crippen LogP contribution in [0.2, 0.25) is 0 Å². The van der Waals surface area contributed by atoms with Gasteiger partial charge >= 0.3 is 0 Å². The third-order valence-corrected chi connectivity index (χ3v) is 10.5. The Kier molecular flexibility index (Phi) is 14.0. The molecule has 4 rings (SSSR count). The zero-order chi connectivity index (χ0) is 37.2. The van der Waals surface area contributed by atoms with E-state index in [0.717, 1.165) is 30.4 Å². The molecular weight excluding hydrogens is 644 g/mol. The van der Waals surface area contributed by atoms with Crippen LogP contribution < -0.4 is 21.7 Å². The lowest BCUT2D eigenvalue weighted by Crippen LogP contribution is -2.59. The number of amides is 4. The molecule has 0 unspecified atom stereocenters. The Morgan fingerprint density at radius 1 is 0.706 bits per heavy atom. The molecule has 1 heterocycles. The van der Waals surface area contributed by atoms with Gasteiger partial charge in [-0.15, -0.1) is 0 Å². The van der Waals surface area contributed by atoms with Crippen molar-refractivity contribution in [3.63, 3.8) is 0 Å². The van der Waals surface area contributed by atoms with E-state index in [0.29, 0.717) is 45.1 Å². The highest BCUT2D eigenvalue weighted by Crippen LogP contribution is 2.44. The monoisotopic (exact) mass is 702 g/mol. The first-order valence-electron chi connectivity index (χ1n) is 18.7. The molecule has 51 heavy (non-hydrogen) atoms. The minimum absolute atomic E-state index is 0.0253. The first kappa shape index (κ1) is 39.7. The van der Waals surface area contributed by atoms with Gasteiger partial charge in [0.1, 0.15) is 17.7 Å². The molecule has 0 bridgehead atoms. The lowest BCUT2D eigenvalue weighted by atomic mass is 9.63. The maximum Gasteiger partial charge on any atom is 0.243 e. The summed E-state index contributed by atoms with van der Waals surface area (Å²) in [5.41, 5.74) is 6.05. The number of benzene rings is 2. The Morgan fingerprint density at radius 3 is 1.73 bits per heavy atom. The van der Waals surface area contributed by atoms with E-state index in [2.05, 4.69) is 16.0 Å². The van der Waals surface area contributed by atoms with Crippen molar-refractivity contribution in [1.82, 2.24) is 16.0 Å². The van der Waals surface area contributed by atoms with Crippen molar-refractivity contribution in [2.75, 3.05) is 6.61 Å². The molecule has 1 saturated carbocycles. The molecule has 0 aromatic heterocycles. The fraction of sp³-hybridized carbons (Fsp3) is 0.585. The Balaban J connectivity index is 1.59. The van der Waals surface area contributed by atoms with Gasteiger partial charge < -0.3 is 26.4 Å². The van der Waals surface area contributed by atoms with Gasteiger partial charge in [-0.2, -0.15) is 0 Å². The standard InChI is InChI=1S/C41H58N4O6/c1-27(2)23-32(35(46)40(5)26-51-40)43-38(49)34(25-30-17-11-7-12-18-30)45-37(48)33(24-28(3)4)44-36(47)31(20-19-29-15-9-6-10-16-29)41(39(42)50)21-13-8-14-22-41/h6-7,9-12,15-18,27-28,31-34H,8,13-14,19-26H2,1-5H3,(H2,42,50)(H,43,49)(H,44,47)(H,45,48)/t31-,32+,33+,34+,40-/m1/s1. The summed E-state index contributed by atoms with van der Waals surface area (Å²) < 4.78 is 5.42. The van der Waals surface area contributed by atoms with Crippen LogP contribution in [0.5, 0.6) is 0 Å². The van der Waals surface area contributed by atoms with E-state index in [4.69, 9.17) is 10.5 Å². The fourth-order valence-corrected chi connectivity index (χ4v) is 7.46. The number of carbonyl (C=O) groups is 5. The predicted molar refractivity (Wildman–Crippen MR) is 197 cm³/mol. The van der Waals surface area contributed by atoms with Crippen LogP contribution in [0.3, 0.4) is 0 Å². The third kappa shape index (κ3) is 11.0. The summed E-state index contributed by atoms with van der Waals surface area (Å²) in [7, 11) is 0. The summed E-state index contributed by atoms with van der Waals surface area (Å²) in [6.45, 7) is 9.91. The molecule has 2 fully saturated rings. The topological polar surface area (TPSA) is 160 Å². The van der Waals surface area contributed by atoms with Gasteiger partial charge in [0.05, 0.1) is 24.0 Å². The van der Waals surface area contributed by atoms with Crippen LogP contribution >= 0.6 is 0 Å². The number of hydrogen-bond acceptors (Lipinski definition) is 6. The first-order chi connectivity index (χ1) is 24.2. The summed E-state index contributed by atoms with van der Waals surface area (Å²) in [5, 5.41) is 8.89. The van der Waals surface area contributed by atoms with Crippen LogP contribution in [0, 0.1) is 23.2 Å². The van der Waals surface area contributed by atoms with Crippen LogP contribution in [0.25, 0.3) is 0 Å². The van der Waals surface area contributed by atoms with Gasteiger partial charge in [-0.25, -0.2) is 0 Å². The predicted octanol–water partition coefficient (Wildman–Crippen LogP) is 4.82. The maximum atomic E-state index is 14.4. The molecule has 4 amide bonds. The molecule has 1 aliphatic carbocycles. The fourth-order valence-electron chi connectivity index (χ4n) is 7.46. The quantitative estimate of drug-likeness (QED) is 0.154. The van der Waals surface area contributed by atoms with E-state index in [9.17, 15) is 24.0 Å². The number of ether oxygens (including phenoxy) is 1. The third-order valence-electron chi connectivity index (χ3n) is 10.5. The molecule has 2 aromatic carbocycles. The number of nitrogens with one attached hydrogen (secondary N) is 3. The number of primary amides is 1. The molecule has 1 aliphatic heterocycles. The summed E-state index contributed by atoms with van der Waals surface area (Å²) >= 11 is 0. The minimum atomic E-state index is -1.02. The number of Topliss-reactive ketones (excluding diaryl/α,β-unsaturated/α-hetero) is 1. The molecular formula is C41H58N4O6. The largest absolute Gasteiger partial charge is 0.369 e. The Morgan fingerprint density at radius 2 is 1.20 bits per heavy atom. The van der Waals surface area contributed by atoms with Gasteiger partial charge in [0, 0.05) is 6.42 Å². The molecule has 2 aromatic rings. The first-order valence-corrected chi connectivity index (χ1v) is 18.7. The van der Waals surface area contributed by atoms with E-state index in [-0.39, 0.29) is 29.9 Å². The molecule has 0 radical (unpaired) electrons. The van der Waals surface area contributed by atoms with Gasteiger partial charge in [0.25, 0.3) is 0 Å². The molecule has 278 valence electrons. The Hall–Kier alpha value is -4.05. The van der Waals surface area contributed by atoms with Crippen molar-refractivity contribution in [3.05, 3.63) is 71.8 Å². The summed E-state index contributed by atoms with van der Waals surface area (Å²) in [6.07, 6.45) is 5.53. The van der Waals surface area contributed by atoms with Gasteiger partial charge in [-0.05, 0) is 68.4 Å². The second kappa shape index (κ2) is 17.9. The zero-order valence-corrected chi connectivity index (χ0v) is 31.0. The normalized spacial score (nSPS) is 20.5. The number of nitrogens with two attached hydrogens (primary N) is 1. The van der Waals surface area contributed by atoms with Gasteiger partial charge in [0.15, 0.2) is 5.78 Å². The zero-order valence-electron chi connectivity index (χ0n) is 31.0. The number of rotatable bonds is 19. The van der Waals surface area contributed by atoms with Crippen molar-refractivity contribution in [3.8, 4) is 0 Å².